The quantitative estimate of drug-likeness (QED) is 0.629. The monoisotopic (exact) mass is 268 g/mol. The number of aromatic hydroxyl groups is 1. The molecular formula is C12H16N2O5. The fraction of sp³-hybridized carbons (Fsp3) is 0.417. The van der Waals surface area contributed by atoms with Crippen LogP contribution in [0.25, 0.3) is 0 Å². The van der Waals surface area contributed by atoms with Crippen LogP contribution in [0.5, 0.6) is 5.88 Å². The van der Waals surface area contributed by atoms with Crippen LogP contribution in [0, 0.1) is 5.41 Å². The number of carboxylic acids is 1. The summed E-state index contributed by atoms with van der Waals surface area (Å²) < 4.78 is 0. The Bertz CT molecular complexity index is 556. The van der Waals surface area contributed by atoms with Crippen LogP contribution in [0.3, 0.4) is 0 Å². The van der Waals surface area contributed by atoms with Crippen LogP contribution in [0.4, 0.5) is 0 Å². The van der Waals surface area contributed by atoms with Crippen LogP contribution in [0.2, 0.25) is 0 Å². The molecule has 0 unspecified atom stereocenters. The van der Waals surface area contributed by atoms with Gasteiger partial charge < -0.3 is 15.5 Å². The van der Waals surface area contributed by atoms with E-state index in [9.17, 15) is 19.5 Å². The van der Waals surface area contributed by atoms with Crippen molar-refractivity contribution in [3.8, 4) is 5.88 Å². The lowest BCUT2D eigenvalue weighted by Gasteiger charge is -2.27. The number of carbonyl (C=O) groups excluding carboxylic acids is 1. The van der Waals surface area contributed by atoms with E-state index in [-0.39, 0.29) is 5.56 Å². The number of hydrogen-bond acceptors (Lipinski definition) is 4. The standard InChI is InChI=1S/C12H16N2O5/c1-12(2,3)9(11(18)19)14-10(17)6-4-7(15)13-8(16)5-6/h4-5,9H,1-3H3,(H,14,17)(H,18,19)(H2,13,15,16)/t9-/m0/s1. The Kier molecular flexibility index (Phi) is 3.98. The Morgan fingerprint density at radius 3 is 2.32 bits per heavy atom. The first-order valence-electron chi connectivity index (χ1n) is 5.58. The van der Waals surface area contributed by atoms with E-state index in [4.69, 9.17) is 5.11 Å². The molecule has 19 heavy (non-hydrogen) atoms. The van der Waals surface area contributed by atoms with Crippen molar-refractivity contribution in [2.45, 2.75) is 26.8 Å². The van der Waals surface area contributed by atoms with E-state index in [1.807, 2.05) is 0 Å². The van der Waals surface area contributed by atoms with Gasteiger partial charge >= 0.3 is 5.97 Å². The van der Waals surface area contributed by atoms with E-state index in [1.54, 1.807) is 20.8 Å². The Labute approximate surface area is 109 Å². The lowest BCUT2D eigenvalue weighted by atomic mass is 9.86. The largest absolute Gasteiger partial charge is 0.494 e. The molecule has 1 aromatic heterocycles. The summed E-state index contributed by atoms with van der Waals surface area (Å²) in [6, 6.07) is 0.927. The number of pyridine rings is 1. The second-order valence-corrected chi connectivity index (χ2v) is 5.23. The molecule has 0 aliphatic heterocycles. The van der Waals surface area contributed by atoms with E-state index in [2.05, 4.69) is 10.3 Å². The molecule has 1 heterocycles. The highest BCUT2D eigenvalue weighted by Gasteiger charge is 2.32. The Morgan fingerprint density at radius 1 is 1.32 bits per heavy atom. The zero-order valence-corrected chi connectivity index (χ0v) is 10.9. The molecule has 0 aliphatic rings. The van der Waals surface area contributed by atoms with E-state index in [1.165, 1.54) is 0 Å². The maximum absolute atomic E-state index is 11.9. The zero-order valence-electron chi connectivity index (χ0n) is 10.9. The molecular weight excluding hydrogens is 252 g/mol. The second-order valence-electron chi connectivity index (χ2n) is 5.23. The van der Waals surface area contributed by atoms with Gasteiger partial charge in [-0.25, -0.2) is 4.79 Å². The number of hydrogen-bond donors (Lipinski definition) is 4. The zero-order chi connectivity index (χ0) is 14.8. The van der Waals surface area contributed by atoms with Gasteiger partial charge in [-0.15, -0.1) is 0 Å². The number of aliphatic carboxylic acids is 1. The molecule has 0 saturated carbocycles. The van der Waals surface area contributed by atoms with Crippen LogP contribution in [0.1, 0.15) is 31.1 Å². The van der Waals surface area contributed by atoms with E-state index < -0.39 is 34.8 Å². The molecule has 0 radical (unpaired) electrons. The molecule has 1 amide bonds. The van der Waals surface area contributed by atoms with Gasteiger partial charge in [-0.3, -0.25) is 14.6 Å². The summed E-state index contributed by atoms with van der Waals surface area (Å²) in [5.74, 6) is -2.36. The van der Waals surface area contributed by atoms with Crippen LogP contribution >= 0.6 is 0 Å². The number of aromatic amines is 1. The van der Waals surface area contributed by atoms with Crippen LogP contribution in [0.15, 0.2) is 16.9 Å². The lowest BCUT2D eigenvalue weighted by molar-refractivity contribution is -0.142. The van der Waals surface area contributed by atoms with Gasteiger partial charge in [0.25, 0.3) is 11.5 Å². The van der Waals surface area contributed by atoms with Crippen molar-refractivity contribution < 1.29 is 19.8 Å². The Morgan fingerprint density at radius 2 is 1.89 bits per heavy atom. The van der Waals surface area contributed by atoms with Crippen molar-refractivity contribution in [3.05, 3.63) is 28.0 Å². The summed E-state index contributed by atoms with van der Waals surface area (Å²) >= 11 is 0. The summed E-state index contributed by atoms with van der Waals surface area (Å²) in [7, 11) is 0. The van der Waals surface area contributed by atoms with Gasteiger partial charge in [0.2, 0.25) is 0 Å². The van der Waals surface area contributed by atoms with E-state index in [0.29, 0.717) is 0 Å². The molecule has 0 fully saturated rings. The third-order valence-corrected chi connectivity index (χ3v) is 2.48. The number of carbonyl (C=O) groups is 2. The molecule has 1 atom stereocenters. The average molecular weight is 268 g/mol. The van der Waals surface area contributed by atoms with Crippen molar-refractivity contribution >= 4 is 11.9 Å². The molecule has 0 saturated heterocycles. The van der Waals surface area contributed by atoms with Gasteiger partial charge in [-0.05, 0) is 5.41 Å². The van der Waals surface area contributed by atoms with Gasteiger partial charge in [0.15, 0.2) is 5.88 Å². The Hall–Kier alpha value is -2.31. The molecule has 0 aromatic carbocycles. The van der Waals surface area contributed by atoms with E-state index >= 15 is 0 Å². The summed E-state index contributed by atoms with van der Waals surface area (Å²) in [5.41, 5.74) is -1.44. The van der Waals surface area contributed by atoms with Crippen LogP contribution in [-0.2, 0) is 4.79 Å². The molecule has 0 spiro atoms. The summed E-state index contributed by atoms with van der Waals surface area (Å²) in [5, 5.41) is 20.6. The normalized spacial score (nSPS) is 12.8. The fourth-order valence-electron chi connectivity index (χ4n) is 1.52. The molecule has 104 valence electrons. The molecule has 1 rings (SSSR count). The highest BCUT2D eigenvalue weighted by atomic mass is 16.4. The summed E-state index contributed by atoms with van der Waals surface area (Å²) in [4.78, 5) is 36.2. The van der Waals surface area contributed by atoms with Gasteiger partial charge in [-0.2, -0.15) is 0 Å². The van der Waals surface area contributed by atoms with Gasteiger partial charge in [0, 0.05) is 12.1 Å². The van der Waals surface area contributed by atoms with Gasteiger partial charge in [0.05, 0.1) is 5.56 Å². The molecule has 7 heteroatoms. The first-order chi connectivity index (χ1) is 8.61. The highest BCUT2D eigenvalue weighted by Crippen LogP contribution is 2.20. The minimum atomic E-state index is -1.17. The van der Waals surface area contributed by atoms with Crippen LogP contribution < -0.4 is 10.9 Å². The lowest BCUT2D eigenvalue weighted by Crippen LogP contribution is -2.49. The number of carboxylic acid groups (broad SMARTS) is 1. The van der Waals surface area contributed by atoms with Crippen molar-refractivity contribution in [2.75, 3.05) is 0 Å². The third-order valence-electron chi connectivity index (χ3n) is 2.48. The molecule has 4 N–H and O–H groups in total. The first kappa shape index (κ1) is 14.7. The minimum absolute atomic E-state index is 0.100. The smallest absolute Gasteiger partial charge is 0.326 e. The third kappa shape index (κ3) is 3.84. The van der Waals surface area contributed by atoms with Gasteiger partial charge in [-0.1, -0.05) is 20.8 Å². The number of amides is 1. The van der Waals surface area contributed by atoms with Gasteiger partial charge in [0.1, 0.15) is 6.04 Å². The predicted molar refractivity (Wildman–Crippen MR) is 67.1 cm³/mol. The first-order valence-corrected chi connectivity index (χ1v) is 5.58. The van der Waals surface area contributed by atoms with Crippen molar-refractivity contribution in [2.24, 2.45) is 5.41 Å². The van der Waals surface area contributed by atoms with Crippen molar-refractivity contribution in [1.29, 1.82) is 0 Å². The number of rotatable bonds is 3. The molecule has 0 aliphatic carbocycles. The number of nitrogens with one attached hydrogen (secondary N) is 2. The van der Waals surface area contributed by atoms with E-state index in [0.717, 1.165) is 12.1 Å². The van der Waals surface area contributed by atoms with Crippen molar-refractivity contribution in [3.63, 3.8) is 0 Å². The maximum atomic E-state index is 11.9. The molecule has 0 bridgehead atoms. The summed E-state index contributed by atoms with van der Waals surface area (Å²) in [6.45, 7) is 5.00. The summed E-state index contributed by atoms with van der Waals surface area (Å²) in [6.07, 6.45) is 0. The van der Waals surface area contributed by atoms with Crippen molar-refractivity contribution in [1.82, 2.24) is 10.3 Å². The maximum Gasteiger partial charge on any atom is 0.326 e. The minimum Gasteiger partial charge on any atom is -0.494 e. The molecule has 7 nitrogen and oxygen atoms in total. The Balaban J connectivity index is 3.01. The fourth-order valence-corrected chi connectivity index (χ4v) is 1.52. The predicted octanol–water partition coefficient (Wildman–Crippen LogP) is 0.310. The topological polar surface area (TPSA) is 119 Å². The number of H-pyrrole nitrogens is 1. The van der Waals surface area contributed by atoms with Crippen LogP contribution in [-0.4, -0.2) is 33.1 Å². The SMILES string of the molecule is CC(C)(C)[C@@H](NC(=O)c1cc(O)[nH]c(=O)c1)C(=O)O. The highest BCUT2D eigenvalue weighted by molar-refractivity contribution is 5.96. The average Bonchev–Trinajstić information content (AvgIpc) is 2.21. The second kappa shape index (κ2) is 5.13. The number of aromatic nitrogens is 1. The molecule has 1 aromatic rings.